The van der Waals surface area contributed by atoms with E-state index in [1.807, 2.05) is 26.0 Å². The van der Waals surface area contributed by atoms with Crippen molar-refractivity contribution in [3.05, 3.63) is 58.7 Å². The number of hydrogen-bond donors (Lipinski definition) is 1. The van der Waals surface area contributed by atoms with E-state index >= 15 is 0 Å². The number of nitriles is 1. The second-order valence-electron chi connectivity index (χ2n) is 6.26. The first-order valence-electron chi connectivity index (χ1n) is 8.70. The molecule has 0 fully saturated rings. The van der Waals surface area contributed by atoms with Gasteiger partial charge in [0, 0.05) is 0 Å². The van der Waals surface area contributed by atoms with Crippen LogP contribution in [0.15, 0.2) is 36.4 Å². The van der Waals surface area contributed by atoms with E-state index in [1.54, 1.807) is 25.3 Å². The van der Waals surface area contributed by atoms with Gasteiger partial charge in [0.25, 0.3) is 0 Å². The fraction of sp³-hybridized carbons (Fsp3) is 0.273. The summed E-state index contributed by atoms with van der Waals surface area (Å²) in [6.45, 7) is 5.99. The molecule has 2 rings (SSSR count). The van der Waals surface area contributed by atoms with Crippen LogP contribution in [-0.4, -0.2) is 24.3 Å². The van der Waals surface area contributed by atoms with E-state index in [1.165, 1.54) is 12.1 Å². The molecule has 0 aliphatic rings. The summed E-state index contributed by atoms with van der Waals surface area (Å²) in [6.07, 6.45) is 2.70. The third-order valence-corrected chi connectivity index (χ3v) is 4.25. The molecule has 0 bridgehead atoms. The molecule has 0 spiro atoms. The predicted octanol–water partition coefficient (Wildman–Crippen LogP) is 4.94. The van der Waals surface area contributed by atoms with Gasteiger partial charge in [-0.2, -0.15) is 5.26 Å². The zero-order chi connectivity index (χ0) is 20.0. The maximum atomic E-state index is 11.0. The highest BCUT2D eigenvalue weighted by atomic mass is 16.5. The van der Waals surface area contributed by atoms with E-state index in [2.05, 4.69) is 13.0 Å². The van der Waals surface area contributed by atoms with Crippen LogP contribution in [0.25, 0.3) is 11.6 Å². The summed E-state index contributed by atoms with van der Waals surface area (Å²) >= 11 is 0. The number of nitrogens with zero attached hydrogens (tertiary/aromatic N) is 1. The molecule has 2 aromatic rings. The van der Waals surface area contributed by atoms with Crippen molar-refractivity contribution in [1.29, 1.82) is 5.26 Å². The first-order valence-corrected chi connectivity index (χ1v) is 8.70. The zero-order valence-electron chi connectivity index (χ0n) is 15.9. The van der Waals surface area contributed by atoms with E-state index < -0.39 is 5.97 Å². The van der Waals surface area contributed by atoms with Crippen LogP contribution in [0.5, 0.6) is 11.5 Å². The van der Waals surface area contributed by atoms with E-state index in [0.29, 0.717) is 22.6 Å². The summed E-state index contributed by atoms with van der Waals surface area (Å²) in [6, 6.07) is 12.2. The lowest BCUT2D eigenvalue weighted by Crippen LogP contribution is -2.11. The quantitative estimate of drug-likeness (QED) is 0.555. The van der Waals surface area contributed by atoms with Crippen molar-refractivity contribution in [2.24, 2.45) is 0 Å². The summed E-state index contributed by atoms with van der Waals surface area (Å²) in [4.78, 5) is 11.0. The minimum atomic E-state index is -0.999. The molecular weight excluding hydrogens is 342 g/mol. The molecule has 2 aromatic carbocycles. The Balaban J connectivity index is 2.42. The molecule has 0 saturated heterocycles. The van der Waals surface area contributed by atoms with Crippen molar-refractivity contribution in [2.45, 2.75) is 33.3 Å². The molecule has 27 heavy (non-hydrogen) atoms. The first kappa shape index (κ1) is 20.1. The number of carbonyl (C=O) groups is 1. The van der Waals surface area contributed by atoms with Gasteiger partial charge in [0.1, 0.15) is 0 Å². The number of hydrogen-bond acceptors (Lipinski definition) is 4. The number of methoxy groups -OCH3 is 1. The standard InChI is InChI=1S/C22H23NO4/c1-5-15(3)27-21-14(2)10-16(12-20(21)26-4)11-19(13-23)17-6-8-18(9-7-17)22(24)25/h6-12,15H,5H2,1-4H3,(H,24,25)/b19-11+/t15-/m1/s1. The second kappa shape index (κ2) is 8.91. The molecule has 140 valence electrons. The Morgan fingerprint density at radius 3 is 2.41 bits per heavy atom. The smallest absolute Gasteiger partial charge is 0.335 e. The van der Waals surface area contributed by atoms with Crippen LogP contribution in [0.2, 0.25) is 0 Å². The largest absolute Gasteiger partial charge is 0.493 e. The van der Waals surface area contributed by atoms with Gasteiger partial charge in [-0.3, -0.25) is 0 Å². The molecule has 1 N–H and O–H groups in total. The number of allylic oxidation sites excluding steroid dienone is 1. The Hall–Kier alpha value is -3.26. The fourth-order valence-electron chi connectivity index (χ4n) is 2.58. The van der Waals surface area contributed by atoms with Gasteiger partial charge in [0.05, 0.1) is 30.4 Å². The van der Waals surface area contributed by atoms with Gasteiger partial charge < -0.3 is 14.6 Å². The third kappa shape index (κ3) is 4.89. The number of carboxylic acids is 1. The third-order valence-electron chi connectivity index (χ3n) is 4.25. The van der Waals surface area contributed by atoms with Gasteiger partial charge in [-0.05, 0) is 67.3 Å². The average molecular weight is 365 g/mol. The molecule has 0 aromatic heterocycles. The number of carboxylic acid groups (broad SMARTS) is 1. The Morgan fingerprint density at radius 1 is 1.26 bits per heavy atom. The summed E-state index contributed by atoms with van der Waals surface area (Å²) in [5.74, 6) is 0.315. The maximum absolute atomic E-state index is 11.0. The lowest BCUT2D eigenvalue weighted by atomic mass is 10.0. The molecule has 0 aliphatic carbocycles. The van der Waals surface area contributed by atoms with Crippen molar-refractivity contribution in [3.8, 4) is 17.6 Å². The van der Waals surface area contributed by atoms with E-state index in [9.17, 15) is 10.1 Å². The van der Waals surface area contributed by atoms with E-state index in [4.69, 9.17) is 14.6 Å². The van der Waals surface area contributed by atoms with Gasteiger partial charge in [-0.25, -0.2) is 4.79 Å². The van der Waals surface area contributed by atoms with Crippen molar-refractivity contribution in [1.82, 2.24) is 0 Å². The lowest BCUT2D eigenvalue weighted by Gasteiger charge is -2.18. The van der Waals surface area contributed by atoms with E-state index in [0.717, 1.165) is 17.5 Å². The van der Waals surface area contributed by atoms with Crippen LogP contribution in [0, 0.1) is 18.3 Å². The second-order valence-corrected chi connectivity index (χ2v) is 6.26. The summed E-state index contributed by atoms with van der Waals surface area (Å²) in [5, 5.41) is 18.5. The number of aromatic carboxylic acids is 1. The molecule has 0 saturated carbocycles. The molecule has 5 heteroatoms. The SMILES string of the molecule is CC[C@@H](C)Oc1c(C)cc(/C=C(\C#N)c2ccc(C(=O)O)cc2)cc1OC. The molecule has 5 nitrogen and oxygen atoms in total. The van der Waals surface area contributed by atoms with Crippen molar-refractivity contribution < 1.29 is 19.4 Å². The normalized spacial score (nSPS) is 12.2. The number of rotatable bonds is 7. The fourth-order valence-corrected chi connectivity index (χ4v) is 2.58. The zero-order valence-corrected chi connectivity index (χ0v) is 15.9. The minimum absolute atomic E-state index is 0.0708. The van der Waals surface area contributed by atoms with Crippen molar-refractivity contribution in [3.63, 3.8) is 0 Å². The van der Waals surface area contributed by atoms with Gasteiger partial charge >= 0.3 is 5.97 Å². The van der Waals surface area contributed by atoms with Crippen LogP contribution in [0.4, 0.5) is 0 Å². The van der Waals surface area contributed by atoms with Gasteiger partial charge in [0.15, 0.2) is 11.5 Å². The minimum Gasteiger partial charge on any atom is -0.493 e. The highest BCUT2D eigenvalue weighted by molar-refractivity contribution is 5.92. The summed E-state index contributed by atoms with van der Waals surface area (Å²) in [7, 11) is 1.58. The van der Waals surface area contributed by atoms with Crippen LogP contribution in [0.3, 0.4) is 0 Å². The van der Waals surface area contributed by atoms with Crippen LogP contribution >= 0.6 is 0 Å². The van der Waals surface area contributed by atoms with Crippen LogP contribution in [-0.2, 0) is 0 Å². The Morgan fingerprint density at radius 2 is 1.89 bits per heavy atom. The first-order chi connectivity index (χ1) is 12.9. The molecule has 0 aliphatic heterocycles. The number of benzene rings is 2. The van der Waals surface area contributed by atoms with Crippen LogP contribution in [0.1, 0.15) is 47.3 Å². The molecule has 0 radical (unpaired) electrons. The molecule has 0 heterocycles. The summed E-state index contributed by atoms with van der Waals surface area (Å²) < 4.78 is 11.4. The molecule has 1 atom stereocenters. The number of ether oxygens (including phenoxy) is 2. The van der Waals surface area contributed by atoms with Gasteiger partial charge in [-0.15, -0.1) is 0 Å². The molecule has 0 unspecified atom stereocenters. The van der Waals surface area contributed by atoms with Gasteiger partial charge in [0.2, 0.25) is 0 Å². The highest BCUT2D eigenvalue weighted by Crippen LogP contribution is 2.34. The summed E-state index contributed by atoms with van der Waals surface area (Å²) in [5.41, 5.74) is 2.99. The Kier molecular flexibility index (Phi) is 6.62. The molecular formula is C22H23NO4. The van der Waals surface area contributed by atoms with E-state index in [-0.39, 0.29) is 11.7 Å². The highest BCUT2D eigenvalue weighted by Gasteiger charge is 2.13. The average Bonchev–Trinajstić information content (AvgIpc) is 2.67. The Labute approximate surface area is 159 Å². The Bertz CT molecular complexity index is 892. The maximum Gasteiger partial charge on any atom is 0.335 e. The predicted molar refractivity (Wildman–Crippen MR) is 105 cm³/mol. The lowest BCUT2D eigenvalue weighted by molar-refractivity contribution is 0.0697. The monoisotopic (exact) mass is 365 g/mol. The van der Waals surface area contributed by atoms with Crippen molar-refractivity contribution in [2.75, 3.05) is 7.11 Å². The van der Waals surface area contributed by atoms with Gasteiger partial charge in [-0.1, -0.05) is 19.1 Å². The van der Waals surface area contributed by atoms with Crippen molar-refractivity contribution >= 4 is 17.6 Å². The molecule has 0 amide bonds. The topological polar surface area (TPSA) is 79.5 Å². The van der Waals surface area contributed by atoms with Crippen LogP contribution < -0.4 is 9.47 Å². The number of aryl methyl sites for hydroxylation is 1.